The van der Waals surface area contributed by atoms with Crippen molar-refractivity contribution in [1.82, 2.24) is 19.9 Å². The molecular weight excluding hydrogens is 420 g/mol. The third kappa shape index (κ3) is 3.57. The Balaban J connectivity index is 1.47. The molecule has 1 aliphatic heterocycles. The number of thiazole rings is 2. The number of imidazole rings is 1. The highest BCUT2D eigenvalue weighted by molar-refractivity contribution is 7.19. The molecule has 0 atom stereocenters. The number of nitrogens with zero attached hydrogens (tertiary/aromatic N) is 4. The number of fused-ring (bicyclic) bond motifs is 1. The van der Waals surface area contributed by atoms with Crippen molar-refractivity contribution in [3.63, 3.8) is 0 Å². The summed E-state index contributed by atoms with van der Waals surface area (Å²) in [4.78, 5) is 34.2. The van der Waals surface area contributed by atoms with Crippen molar-refractivity contribution in [3.8, 4) is 10.7 Å². The summed E-state index contributed by atoms with van der Waals surface area (Å²) in [7, 11) is 0. The number of amides is 1. The third-order valence-electron chi connectivity index (χ3n) is 4.88. The van der Waals surface area contributed by atoms with Crippen molar-refractivity contribution in [2.45, 2.75) is 13.8 Å². The SMILES string of the molecule is Cc1cnc(NC(=O)c2cccc3[nH]c(-c4sc(N5CCOCC5)nc4C)nc23)s1. The van der Waals surface area contributed by atoms with E-state index in [1.165, 1.54) is 11.3 Å². The molecule has 1 aliphatic rings. The van der Waals surface area contributed by atoms with Crippen LogP contribution in [0.25, 0.3) is 21.7 Å². The van der Waals surface area contributed by atoms with Crippen molar-refractivity contribution in [2.75, 3.05) is 36.5 Å². The number of rotatable bonds is 4. The van der Waals surface area contributed by atoms with E-state index < -0.39 is 0 Å². The van der Waals surface area contributed by atoms with Gasteiger partial charge in [-0.05, 0) is 26.0 Å². The fraction of sp³-hybridized carbons (Fsp3) is 0.300. The van der Waals surface area contributed by atoms with Gasteiger partial charge >= 0.3 is 0 Å². The third-order valence-corrected chi connectivity index (χ3v) is 6.93. The van der Waals surface area contributed by atoms with Crippen molar-refractivity contribution >= 4 is 49.9 Å². The van der Waals surface area contributed by atoms with E-state index in [1.807, 2.05) is 26.0 Å². The lowest BCUT2D eigenvalue weighted by molar-refractivity contribution is 0.102. The number of aryl methyl sites for hydroxylation is 2. The van der Waals surface area contributed by atoms with Crippen molar-refractivity contribution in [2.24, 2.45) is 0 Å². The van der Waals surface area contributed by atoms with Crippen LogP contribution >= 0.6 is 22.7 Å². The highest BCUT2D eigenvalue weighted by Gasteiger charge is 2.21. The molecule has 4 aromatic rings. The molecule has 3 aromatic heterocycles. The molecule has 0 unspecified atom stereocenters. The van der Waals surface area contributed by atoms with E-state index in [4.69, 9.17) is 14.7 Å². The summed E-state index contributed by atoms with van der Waals surface area (Å²) in [5.41, 5.74) is 2.89. The van der Waals surface area contributed by atoms with Crippen LogP contribution in [0.2, 0.25) is 0 Å². The number of nitrogens with one attached hydrogen (secondary N) is 2. The summed E-state index contributed by atoms with van der Waals surface area (Å²) in [6.45, 7) is 7.06. The van der Waals surface area contributed by atoms with Crippen molar-refractivity contribution < 1.29 is 9.53 Å². The topological polar surface area (TPSA) is 96.0 Å². The Morgan fingerprint density at radius 2 is 2.03 bits per heavy atom. The molecule has 5 rings (SSSR count). The average Bonchev–Trinajstić information content (AvgIpc) is 3.46. The van der Waals surface area contributed by atoms with Crippen LogP contribution in [0.3, 0.4) is 0 Å². The highest BCUT2D eigenvalue weighted by Crippen LogP contribution is 2.35. The predicted molar refractivity (Wildman–Crippen MR) is 120 cm³/mol. The normalized spacial score (nSPS) is 14.4. The smallest absolute Gasteiger partial charge is 0.259 e. The Bertz CT molecular complexity index is 1220. The zero-order valence-electron chi connectivity index (χ0n) is 16.6. The van der Waals surface area contributed by atoms with Gasteiger partial charge in [0, 0.05) is 24.2 Å². The molecule has 154 valence electrons. The van der Waals surface area contributed by atoms with Crippen LogP contribution in [0.4, 0.5) is 10.3 Å². The molecule has 1 aromatic carbocycles. The Morgan fingerprint density at radius 1 is 1.20 bits per heavy atom. The van der Waals surface area contributed by atoms with Crippen LogP contribution in [0.5, 0.6) is 0 Å². The van der Waals surface area contributed by atoms with E-state index in [9.17, 15) is 4.79 Å². The number of benzene rings is 1. The van der Waals surface area contributed by atoms with E-state index in [0.717, 1.165) is 58.2 Å². The second-order valence-corrected chi connectivity index (χ2v) is 9.24. The Labute approximate surface area is 181 Å². The van der Waals surface area contributed by atoms with Gasteiger partial charge < -0.3 is 14.6 Å². The van der Waals surface area contributed by atoms with Gasteiger partial charge in [-0.1, -0.05) is 17.4 Å². The zero-order valence-corrected chi connectivity index (χ0v) is 18.2. The lowest BCUT2D eigenvalue weighted by Gasteiger charge is -2.25. The van der Waals surface area contributed by atoms with Gasteiger partial charge in [0.1, 0.15) is 5.52 Å². The first-order chi connectivity index (χ1) is 14.6. The first-order valence-corrected chi connectivity index (χ1v) is 11.2. The summed E-state index contributed by atoms with van der Waals surface area (Å²) < 4.78 is 5.44. The van der Waals surface area contributed by atoms with E-state index in [-0.39, 0.29) is 5.91 Å². The van der Waals surface area contributed by atoms with Gasteiger partial charge in [0.25, 0.3) is 5.91 Å². The second-order valence-electron chi connectivity index (χ2n) is 7.03. The molecule has 0 aliphatic carbocycles. The monoisotopic (exact) mass is 440 g/mol. The number of hydrogen-bond donors (Lipinski definition) is 2. The molecule has 10 heteroatoms. The van der Waals surface area contributed by atoms with Gasteiger partial charge in [-0.2, -0.15) is 0 Å². The van der Waals surface area contributed by atoms with E-state index in [2.05, 4.69) is 20.2 Å². The number of morpholine rings is 1. The summed E-state index contributed by atoms with van der Waals surface area (Å²) >= 11 is 3.06. The predicted octanol–water partition coefficient (Wildman–Crippen LogP) is 3.85. The Hall–Kier alpha value is -2.82. The van der Waals surface area contributed by atoms with Gasteiger partial charge in [-0.25, -0.2) is 15.0 Å². The van der Waals surface area contributed by atoms with Crippen LogP contribution in [-0.2, 0) is 4.74 Å². The summed E-state index contributed by atoms with van der Waals surface area (Å²) in [6.07, 6.45) is 1.74. The molecule has 0 bridgehead atoms. The van der Waals surface area contributed by atoms with Gasteiger partial charge in [0.15, 0.2) is 16.1 Å². The maximum absolute atomic E-state index is 12.8. The number of para-hydroxylation sites is 1. The summed E-state index contributed by atoms with van der Waals surface area (Å²) in [6, 6.07) is 5.56. The molecule has 0 saturated carbocycles. The molecule has 1 saturated heterocycles. The minimum atomic E-state index is -0.219. The Morgan fingerprint density at radius 3 is 2.80 bits per heavy atom. The van der Waals surface area contributed by atoms with E-state index in [0.29, 0.717) is 16.2 Å². The number of anilines is 2. The average molecular weight is 441 g/mol. The summed E-state index contributed by atoms with van der Waals surface area (Å²) in [5.74, 6) is 0.507. The molecule has 8 nitrogen and oxygen atoms in total. The van der Waals surface area contributed by atoms with Crippen LogP contribution < -0.4 is 10.2 Å². The molecule has 0 spiro atoms. The first-order valence-electron chi connectivity index (χ1n) is 9.61. The van der Waals surface area contributed by atoms with E-state index in [1.54, 1.807) is 23.6 Å². The van der Waals surface area contributed by atoms with Crippen LogP contribution in [-0.4, -0.2) is 52.1 Å². The fourth-order valence-corrected chi connectivity index (χ4v) is 5.11. The lowest BCUT2D eigenvalue weighted by atomic mass is 10.2. The van der Waals surface area contributed by atoms with Crippen LogP contribution in [0.1, 0.15) is 20.9 Å². The van der Waals surface area contributed by atoms with E-state index >= 15 is 0 Å². The van der Waals surface area contributed by atoms with Gasteiger partial charge in [0.2, 0.25) is 0 Å². The zero-order chi connectivity index (χ0) is 20.7. The minimum absolute atomic E-state index is 0.219. The molecule has 1 amide bonds. The standard InChI is InChI=1S/C20H20N6O2S2/c1-11-10-21-19(29-11)25-18(27)13-4-3-5-14-15(13)24-17(23-14)16-12(2)22-20(30-16)26-6-8-28-9-7-26/h3-5,10H,6-9H2,1-2H3,(H,23,24)(H,21,25,27). The van der Waals surface area contributed by atoms with Crippen molar-refractivity contribution in [3.05, 3.63) is 40.5 Å². The minimum Gasteiger partial charge on any atom is -0.378 e. The first kappa shape index (κ1) is 19.2. The molecule has 4 heterocycles. The largest absolute Gasteiger partial charge is 0.378 e. The molecule has 2 N–H and O–H groups in total. The fourth-order valence-electron chi connectivity index (χ4n) is 3.39. The molecular formula is C20H20N6O2S2. The number of ether oxygens (including phenoxy) is 1. The number of aromatic nitrogens is 4. The van der Waals surface area contributed by atoms with Crippen LogP contribution in [0.15, 0.2) is 24.4 Å². The van der Waals surface area contributed by atoms with Crippen molar-refractivity contribution in [1.29, 1.82) is 0 Å². The number of aromatic amines is 1. The highest BCUT2D eigenvalue weighted by atomic mass is 32.1. The second kappa shape index (κ2) is 7.78. The lowest BCUT2D eigenvalue weighted by Crippen LogP contribution is -2.36. The molecule has 1 fully saturated rings. The quantitative estimate of drug-likeness (QED) is 0.500. The Kier molecular flexibility index (Phi) is 4.97. The molecule has 30 heavy (non-hydrogen) atoms. The maximum Gasteiger partial charge on any atom is 0.259 e. The summed E-state index contributed by atoms with van der Waals surface area (Å²) in [5, 5.41) is 4.42. The number of carbonyl (C=O) groups is 1. The number of hydrogen-bond acceptors (Lipinski definition) is 8. The molecule has 0 radical (unpaired) electrons. The van der Waals surface area contributed by atoms with Crippen LogP contribution in [0, 0.1) is 13.8 Å². The maximum atomic E-state index is 12.8. The van der Waals surface area contributed by atoms with Gasteiger partial charge in [-0.3, -0.25) is 10.1 Å². The van der Waals surface area contributed by atoms with Gasteiger partial charge in [0.05, 0.1) is 34.9 Å². The van der Waals surface area contributed by atoms with Gasteiger partial charge in [-0.15, -0.1) is 11.3 Å². The number of carbonyl (C=O) groups excluding carboxylic acids is 1. The number of H-pyrrole nitrogens is 1.